The van der Waals surface area contributed by atoms with Crippen LogP contribution >= 0.6 is 23.2 Å². The molecule has 0 aromatic heterocycles. The maximum absolute atomic E-state index is 11.7. The number of hydrogen-bond donors (Lipinski definition) is 1. The number of carbonyl (C=O) groups is 1. The molecule has 2 nitrogen and oxygen atoms in total. The van der Waals surface area contributed by atoms with E-state index in [1.807, 2.05) is 0 Å². The zero-order valence-electron chi connectivity index (χ0n) is 7.39. The molecule has 1 aliphatic carbocycles. The Kier molecular flexibility index (Phi) is 2.41. The Morgan fingerprint density at radius 3 is 2.21 bits per heavy atom. The fourth-order valence-corrected chi connectivity index (χ4v) is 1.79. The molecule has 1 aromatic rings. The molecule has 0 unspecified atom stereocenters. The summed E-state index contributed by atoms with van der Waals surface area (Å²) < 4.78 is 0. The normalized spacial score (nSPS) is 15.6. The number of Topliss-reactive ketones (excluding diaryl/α,β-unsaturated/α-hetero) is 1. The van der Waals surface area contributed by atoms with Gasteiger partial charge in [0.1, 0.15) is 0 Å². The number of benzene rings is 1. The van der Waals surface area contributed by atoms with Crippen LogP contribution in [0.3, 0.4) is 0 Å². The highest BCUT2D eigenvalue weighted by molar-refractivity contribution is 6.39. The third kappa shape index (κ3) is 1.72. The molecule has 1 saturated carbocycles. The van der Waals surface area contributed by atoms with Gasteiger partial charge < -0.3 is 5.73 Å². The number of rotatable bonds is 2. The van der Waals surface area contributed by atoms with Crippen LogP contribution in [0.4, 0.5) is 5.69 Å². The second-order valence-corrected chi connectivity index (χ2v) is 4.31. The van der Waals surface area contributed by atoms with Gasteiger partial charge in [-0.05, 0) is 25.0 Å². The molecule has 1 aromatic carbocycles. The van der Waals surface area contributed by atoms with Crippen LogP contribution in [0.25, 0.3) is 0 Å². The van der Waals surface area contributed by atoms with Gasteiger partial charge in [0.05, 0.1) is 15.7 Å². The van der Waals surface area contributed by atoms with Crippen molar-refractivity contribution in [1.82, 2.24) is 0 Å². The molecule has 0 heterocycles. The minimum Gasteiger partial charge on any atom is -0.396 e. The summed E-state index contributed by atoms with van der Waals surface area (Å²) in [4.78, 5) is 11.7. The molecule has 0 bridgehead atoms. The van der Waals surface area contributed by atoms with Gasteiger partial charge in [-0.15, -0.1) is 0 Å². The van der Waals surface area contributed by atoms with Crippen molar-refractivity contribution < 1.29 is 4.79 Å². The summed E-state index contributed by atoms with van der Waals surface area (Å²) in [5.41, 5.74) is 6.47. The van der Waals surface area contributed by atoms with Gasteiger partial charge in [0.25, 0.3) is 0 Å². The number of nitrogen functional groups attached to an aromatic ring is 1. The number of carbonyl (C=O) groups excluding carboxylic acids is 1. The highest BCUT2D eigenvalue weighted by atomic mass is 35.5. The van der Waals surface area contributed by atoms with Crippen LogP contribution < -0.4 is 5.73 Å². The Hall–Kier alpha value is -0.730. The Morgan fingerprint density at radius 2 is 1.79 bits per heavy atom. The molecule has 0 atom stereocenters. The number of nitrogens with two attached hydrogens (primary N) is 1. The van der Waals surface area contributed by atoms with Crippen LogP contribution in [0, 0.1) is 5.92 Å². The highest BCUT2D eigenvalue weighted by Gasteiger charge is 2.30. The van der Waals surface area contributed by atoms with E-state index >= 15 is 0 Å². The maximum atomic E-state index is 11.7. The lowest BCUT2D eigenvalue weighted by molar-refractivity contribution is 0.0967. The Morgan fingerprint density at radius 1 is 1.29 bits per heavy atom. The maximum Gasteiger partial charge on any atom is 0.166 e. The van der Waals surface area contributed by atoms with Crippen LogP contribution in [0.15, 0.2) is 12.1 Å². The van der Waals surface area contributed by atoms with Gasteiger partial charge in [0.15, 0.2) is 5.78 Å². The van der Waals surface area contributed by atoms with E-state index in [4.69, 9.17) is 28.9 Å². The van der Waals surface area contributed by atoms with Gasteiger partial charge in [-0.3, -0.25) is 4.79 Å². The van der Waals surface area contributed by atoms with Crippen molar-refractivity contribution in [3.05, 3.63) is 27.7 Å². The van der Waals surface area contributed by atoms with Crippen LogP contribution in [-0.4, -0.2) is 5.78 Å². The molecule has 0 saturated heterocycles. The van der Waals surface area contributed by atoms with E-state index in [2.05, 4.69) is 0 Å². The number of ketones is 1. The van der Waals surface area contributed by atoms with Crippen molar-refractivity contribution in [2.24, 2.45) is 5.92 Å². The fourth-order valence-electron chi connectivity index (χ4n) is 1.31. The van der Waals surface area contributed by atoms with Crippen LogP contribution in [0.5, 0.6) is 0 Å². The molecular weight excluding hydrogens is 221 g/mol. The lowest BCUT2D eigenvalue weighted by Crippen LogP contribution is -2.02. The minimum atomic E-state index is 0.119. The van der Waals surface area contributed by atoms with Crippen molar-refractivity contribution >= 4 is 34.7 Å². The first-order chi connectivity index (χ1) is 6.59. The highest BCUT2D eigenvalue weighted by Crippen LogP contribution is 2.35. The smallest absolute Gasteiger partial charge is 0.166 e. The monoisotopic (exact) mass is 229 g/mol. The summed E-state index contributed by atoms with van der Waals surface area (Å²) in [6.45, 7) is 0. The van der Waals surface area contributed by atoms with E-state index in [-0.39, 0.29) is 11.7 Å². The minimum absolute atomic E-state index is 0.119. The summed E-state index contributed by atoms with van der Waals surface area (Å²) >= 11 is 11.7. The third-order valence-electron chi connectivity index (χ3n) is 2.31. The first-order valence-electron chi connectivity index (χ1n) is 4.38. The molecule has 2 rings (SSSR count). The van der Waals surface area contributed by atoms with Crippen LogP contribution in [-0.2, 0) is 0 Å². The van der Waals surface area contributed by atoms with Gasteiger partial charge in [-0.25, -0.2) is 0 Å². The Bertz CT molecular complexity index is 376. The molecule has 4 heteroatoms. The fraction of sp³-hybridized carbons (Fsp3) is 0.300. The van der Waals surface area contributed by atoms with Crippen LogP contribution in [0.1, 0.15) is 23.2 Å². The van der Waals surface area contributed by atoms with Gasteiger partial charge in [0, 0.05) is 11.5 Å². The predicted molar refractivity (Wildman–Crippen MR) is 57.9 cm³/mol. The molecule has 0 spiro atoms. The molecule has 1 aliphatic rings. The molecule has 2 N–H and O–H groups in total. The van der Waals surface area contributed by atoms with E-state index in [1.165, 1.54) is 0 Å². The zero-order chi connectivity index (χ0) is 10.3. The molecular formula is C10H9Cl2NO. The van der Waals surface area contributed by atoms with Crippen molar-refractivity contribution in [2.45, 2.75) is 12.8 Å². The summed E-state index contributed by atoms with van der Waals surface area (Å²) in [6.07, 6.45) is 1.94. The summed E-state index contributed by atoms with van der Waals surface area (Å²) in [7, 11) is 0. The molecule has 0 radical (unpaired) electrons. The summed E-state index contributed by atoms with van der Waals surface area (Å²) in [6, 6.07) is 3.17. The van der Waals surface area contributed by atoms with E-state index in [0.717, 1.165) is 12.8 Å². The average Bonchev–Trinajstić information content (AvgIpc) is 2.95. The Labute approximate surface area is 92.0 Å². The van der Waals surface area contributed by atoms with Gasteiger partial charge >= 0.3 is 0 Å². The van der Waals surface area contributed by atoms with Crippen molar-refractivity contribution in [3.63, 3.8) is 0 Å². The first-order valence-corrected chi connectivity index (χ1v) is 5.14. The van der Waals surface area contributed by atoms with Gasteiger partial charge in [-0.2, -0.15) is 0 Å². The van der Waals surface area contributed by atoms with E-state index in [0.29, 0.717) is 21.3 Å². The Balaban J connectivity index is 2.39. The molecule has 74 valence electrons. The lowest BCUT2D eigenvalue weighted by Gasteiger charge is -2.04. The van der Waals surface area contributed by atoms with Gasteiger partial charge in [0.2, 0.25) is 0 Å². The topological polar surface area (TPSA) is 43.1 Å². The standard InChI is InChI=1S/C10H9Cl2NO/c11-7-3-6(4-8(12)9(7)13)10(14)5-1-2-5/h3-5H,1-2,13H2. The second-order valence-electron chi connectivity index (χ2n) is 3.49. The van der Waals surface area contributed by atoms with Gasteiger partial charge in [-0.1, -0.05) is 23.2 Å². The summed E-state index contributed by atoms with van der Waals surface area (Å²) in [5.74, 6) is 0.291. The quantitative estimate of drug-likeness (QED) is 0.626. The molecule has 1 fully saturated rings. The van der Waals surface area contributed by atoms with E-state index < -0.39 is 0 Å². The second kappa shape index (κ2) is 3.44. The molecule has 0 amide bonds. The number of halogens is 2. The first kappa shape index (κ1) is 9.81. The predicted octanol–water partition coefficient (Wildman–Crippen LogP) is 3.17. The van der Waals surface area contributed by atoms with Crippen molar-refractivity contribution in [1.29, 1.82) is 0 Å². The summed E-state index contributed by atoms with van der Waals surface area (Å²) in [5, 5.41) is 0.697. The van der Waals surface area contributed by atoms with Crippen molar-refractivity contribution in [3.8, 4) is 0 Å². The average molecular weight is 230 g/mol. The number of anilines is 1. The van der Waals surface area contributed by atoms with Crippen molar-refractivity contribution in [2.75, 3.05) is 5.73 Å². The largest absolute Gasteiger partial charge is 0.396 e. The number of hydrogen-bond acceptors (Lipinski definition) is 2. The third-order valence-corrected chi connectivity index (χ3v) is 2.94. The molecule has 14 heavy (non-hydrogen) atoms. The van der Waals surface area contributed by atoms with E-state index in [9.17, 15) is 4.79 Å². The zero-order valence-corrected chi connectivity index (χ0v) is 8.90. The SMILES string of the molecule is Nc1c(Cl)cc(C(=O)C2CC2)cc1Cl. The van der Waals surface area contributed by atoms with E-state index in [1.54, 1.807) is 12.1 Å². The van der Waals surface area contributed by atoms with Crippen LogP contribution in [0.2, 0.25) is 10.0 Å². The lowest BCUT2D eigenvalue weighted by atomic mass is 10.1. The molecule has 0 aliphatic heterocycles.